The Balaban J connectivity index is 2.01. The molecule has 0 heterocycles. The van der Waals surface area contributed by atoms with Crippen LogP contribution in [0, 0.1) is 5.41 Å². The number of nitrogens with one attached hydrogen (secondary N) is 1. The van der Waals surface area contributed by atoms with E-state index in [1.165, 1.54) is 18.2 Å². The second kappa shape index (κ2) is 5.44. The predicted molar refractivity (Wildman–Crippen MR) is 64.2 cm³/mol. The Labute approximate surface area is 113 Å². The lowest BCUT2D eigenvalue weighted by atomic mass is 10.1. The second-order valence-electron chi connectivity index (χ2n) is 4.56. The minimum atomic E-state index is -2.96. The molecule has 2 N–H and O–H groups in total. The van der Waals surface area contributed by atoms with Gasteiger partial charge in [0, 0.05) is 12.1 Å². The number of alkyl halides is 2. The molecule has 0 unspecified atom stereocenters. The number of ether oxygens (including phenoxy) is 1. The highest BCUT2D eigenvalue weighted by molar-refractivity contribution is 6.04. The van der Waals surface area contributed by atoms with Crippen LogP contribution in [0.3, 0.4) is 0 Å². The first kappa shape index (κ1) is 14.2. The van der Waals surface area contributed by atoms with Gasteiger partial charge in [0.25, 0.3) is 0 Å². The lowest BCUT2D eigenvalue weighted by molar-refractivity contribution is -0.149. The summed E-state index contributed by atoms with van der Waals surface area (Å²) in [6, 6.07) is 6.03. The summed E-state index contributed by atoms with van der Waals surface area (Å²) >= 11 is 0. The molecular formula is C13H13F2NO4. The molecule has 20 heavy (non-hydrogen) atoms. The molecule has 1 aliphatic carbocycles. The van der Waals surface area contributed by atoms with E-state index in [0.29, 0.717) is 18.4 Å². The van der Waals surface area contributed by atoms with Gasteiger partial charge in [0.2, 0.25) is 5.91 Å². The topological polar surface area (TPSA) is 75.6 Å². The number of benzene rings is 1. The van der Waals surface area contributed by atoms with Gasteiger partial charge in [-0.05, 0) is 18.9 Å². The van der Waals surface area contributed by atoms with E-state index in [1.54, 1.807) is 6.07 Å². The Morgan fingerprint density at radius 2 is 2.00 bits per heavy atom. The Bertz CT molecular complexity index is 529. The number of para-hydroxylation sites is 1. The summed E-state index contributed by atoms with van der Waals surface area (Å²) in [5.74, 6) is -1.80. The van der Waals surface area contributed by atoms with E-state index < -0.39 is 23.9 Å². The molecule has 1 fully saturated rings. The first-order valence-electron chi connectivity index (χ1n) is 6.00. The molecule has 0 aromatic heterocycles. The number of hydrogen-bond donors (Lipinski definition) is 2. The van der Waals surface area contributed by atoms with Crippen LogP contribution < -0.4 is 10.1 Å². The predicted octanol–water partition coefficient (Wildman–Crippen LogP) is 1.77. The first-order valence-corrected chi connectivity index (χ1v) is 6.00. The van der Waals surface area contributed by atoms with Gasteiger partial charge in [0.05, 0.1) is 0 Å². The summed E-state index contributed by atoms with van der Waals surface area (Å²) in [7, 11) is 0. The van der Waals surface area contributed by atoms with Crippen LogP contribution >= 0.6 is 0 Å². The molecule has 1 amide bonds. The Morgan fingerprint density at radius 3 is 2.55 bits per heavy atom. The Hall–Kier alpha value is -2.18. The number of aliphatic carboxylic acids is 1. The third-order valence-electron chi connectivity index (χ3n) is 3.22. The molecule has 0 spiro atoms. The summed E-state index contributed by atoms with van der Waals surface area (Å²) in [5, 5.41) is 11.4. The largest absolute Gasteiger partial charge is 0.480 e. The molecule has 1 aromatic carbocycles. The second-order valence-corrected chi connectivity index (χ2v) is 4.56. The summed E-state index contributed by atoms with van der Waals surface area (Å²) < 4.78 is 28.8. The molecule has 0 bridgehead atoms. The van der Waals surface area contributed by atoms with Crippen molar-refractivity contribution in [2.24, 2.45) is 5.41 Å². The Kier molecular flexibility index (Phi) is 3.87. The van der Waals surface area contributed by atoms with E-state index in [9.17, 15) is 18.4 Å². The zero-order valence-electron chi connectivity index (χ0n) is 10.4. The van der Waals surface area contributed by atoms with E-state index >= 15 is 0 Å². The minimum Gasteiger partial charge on any atom is -0.480 e. The van der Waals surface area contributed by atoms with E-state index in [0.717, 1.165) is 0 Å². The highest BCUT2D eigenvalue weighted by Gasteiger charge is 2.56. The van der Waals surface area contributed by atoms with Crippen molar-refractivity contribution in [1.82, 2.24) is 5.32 Å². The van der Waals surface area contributed by atoms with Crippen LogP contribution in [0.15, 0.2) is 24.3 Å². The van der Waals surface area contributed by atoms with Crippen LogP contribution in [-0.4, -0.2) is 23.6 Å². The smallest absolute Gasteiger partial charge is 0.387 e. The number of carboxylic acids is 1. The van der Waals surface area contributed by atoms with Crippen LogP contribution in [0.5, 0.6) is 5.75 Å². The van der Waals surface area contributed by atoms with E-state index in [2.05, 4.69) is 10.1 Å². The quantitative estimate of drug-likeness (QED) is 0.781. The molecular weight excluding hydrogens is 272 g/mol. The van der Waals surface area contributed by atoms with Gasteiger partial charge < -0.3 is 15.2 Å². The lowest BCUT2D eigenvalue weighted by Crippen LogP contribution is -2.36. The number of carbonyl (C=O) groups excluding carboxylic acids is 1. The average molecular weight is 285 g/mol. The van der Waals surface area contributed by atoms with Crippen molar-refractivity contribution in [2.45, 2.75) is 26.0 Å². The summed E-state index contributed by atoms with van der Waals surface area (Å²) in [6.45, 7) is -3.02. The number of carboxylic acid groups (broad SMARTS) is 1. The summed E-state index contributed by atoms with van der Waals surface area (Å²) in [5.41, 5.74) is -0.985. The van der Waals surface area contributed by atoms with E-state index in [1.807, 2.05) is 0 Å². The highest BCUT2D eigenvalue weighted by atomic mass is 19.3. The van der Waals surface area contributed by atoms with Gasteiger partial charge >= 0.3 is 12.6 Å². The summed E-state index contributed by atoms with van der Waals surface area (Å²) in [4.78, 5) is 22.8. The maximum absolute atomic E-state index is 12.2. The van der Waals surface area contributed by atoms with Gasteiger partial charge in [0.15, 0.2) is 0 Å². The van der Waals surface area contributed by atoms with E-state index in [4.69, 9.17) is 5.11 Å². The SMILES string of the molecule is O=C(O)C1(C(=O)NCc2ccccc2OC(F)F)CC1. The number of amides is 1. The molecule has 108 valence electrons. The lowest BCUT2D eigenvalue weighted by Gasteiger charge is -2.13. The van der Waals surface area contributed by atoms with E-state index in [-0.39, 0.29) is 12.3 Å². The molecule has 0 aliphatic heterocycles. The number of hydrogen-bond acceptors (Lipinski definition) is 3. The van der Waals surface area contributed by atoms with Crippen molar-refractivity contribution >= 4 is 11.9 Å². The fourth-order valence-electron chi connectivity index (χ4n) is 1.87. The highest BCUT2D eigenvalue weighted by Crippen LogP contribution is 2.46. The molecule has 0 atom stereocenters. The van der Waals surface area contributed by atoms with Gasteiger partial charge in [-0.3, -0.25) is 9.59 Å². The molecule has 7 heteroatoms. The molecule has 2 rings (SSSR count). The zero-order chi connectivity index (χ0) is 14.8. The number of halogens is 2. The van der Waals surface area contributed by atoms with Crippen molar-refractivity contribution < 1.29 is 28.2 Å². The van der Waals surface area contributed by atoms with Crippen LogP contribution in [-0.2, 0) is 16.1 Å². The van der Waals surface area contributed by atoms with Gasteiger partial charge in [-0.15, -0.1) is 0 Å². The molecule has 1 aromatic rings. The molecule has 1 saturated carbocycles. The van der Waals surface area contributed by atoms with Crippen molar-refractivity contribution in [3.8, 4) is 5.75 Å². The standard InChI is InChI=1S/C13H13F2NO4/c14-12(15)20-9-4-2-1-3-8(9)7-16-10(17)13(5-6-13)11(18)19/h1-4,12H,5-7H2,(H,16,17)(H,18,19). The van der Waals surface area contributed by atoms with Gasteiger partial charge in [-0.2, -0.15) is 8.78 Å². The number of carbonyl (C=O) groups is 2. The van der Waals surface area contributed by atoms with Crippen molar-refractivity contribution in [3.63, 3.8) is 0 Å². The van der Waals surface area contributed by atoms with Crippen molar-refractivity contribution in [2.75, 3.05) is 0 Å². The fraction of sp³-hybridized carbons (Fsp3) is 0.385. The van der Waals surface area contributed by atoms with Gasteiger partial charge in [-0.1, -0.05) is 18.2 Å². The molecule has 1 aliphatic rings. The van der Waals surface area contributed by atoms with Crippen molar-refractivity contribution in [1.29, 1.82) is 0 Å². The number of rotatable bonds is 6. The van der Waals surface area contributed by atoms with Crippen LogP contribution in [0.4, 0.5) is 8.78 Å². The maximum atomic E-state index is 12.2. The fourth-order valence-corrected chi connectivity index (χ4v) is 1.87. The monoisotopic (exact) mass is 285 g/mol. The first-order chi connectivity index (χ1) is 9.45. The van der Waals surface area contributed by atoms with Crippen LogP contribution in [0.1, 0.15) is 18.4 Å². The minimum absolute atomic E-state index is 0.0389. The van der Waals surface area contributed by atoms with Crippen LogP contribution in [0.2, 0.25) is 0 Å². The zero-order valence-corrected chi connectivity index (χ0v) is 10.4. The molecule has 5 nitrogen and oxygen atoms in total. The normalized spacial score (nSPS) is 15.8. The van der Waals surface area contributed by atoms with Crippen LogP contribution in [0.25, 0.3) is 0 Å². The molecule has 0 radical (unpaired) electrons. The van der Waals surface area contributed by atoms with Gasteiger partial charge in [-0.25, -0.2) is 0 Å². The Morgan fingerprint density at radius 1 is 1.35 bits per heavy atom. The molecule has 0 saturated heterocycles. The van der Waals surface area contributed by atoms with Crippen molar-refractivity contribution in [3.05, 3.63) is 29.8 Å². The summed E-state index contributed by atoms with van der Waals surface area (Å²) in [6.07, 6.45) is 0.590. The third-order valence-corrected chi connectivity index (χ3v) is 3.22. The van der Waals surface area contributed by atoms with Gasteiger partial charge in [0.1, 0.15) is 11.2 Å². The maximum Gasteiger partial charge on any atom is 0.387 e. The average Bonchev–Trinajstić information content (AvgIpc) is 3.18. The third kappa shape index (κ3) is 2.87.